The molecule has 5 aromatic carbocycles. The molecule has 0 aromatic heterocycles. The lowest BCUT2D eigenvalue weighted by atomic mass is 10.0. The van der Waals surface area contributed by atoms with Crippen molar-refractivity contribution < 1.29 is 34.5 Å². The Balaban J connectivity index is 0.000000892. The molecule has 0 bridgehead atoms. The zero-order valence-electron chi connectivity index (χ0n) is 25.5. The second-order valence-electron chi connectivity index (χ2n) is 10.6. The molecule has 0 heterocycles. The molecular formula is C35H34O8S3. The molecule has 0 unspecified atom stereocenters. The van der Waals surface area contributed by atoms with Crippen molar-refractivity contribution in [2.75, 3.05) is 6.26 Å². The summed E-state index contributed by atoms with van der Waals surface area (Å²) in [4.78, 5) is 0.773. The number of ether oxygens (including phenoxy) is 1. The first-order valence-corrected chi connectivity index (χ1v) is 19.0. The third-order valence-electron chi connectivity index (χ3n) is 6.91. The van der Waals surface area contributed by atoms with Gasteiger partial charge in [-0.3, -0.25) is 4.55 Å². The molecule has 11 heteroatoms. The molecule has 5 aromatic rings. The molecule has 0 spiro atoms. The van der Waals surface area contributed by atoms with Gasteiger partial charge in [0.25, 0.3) is 10.1 Å². The second-order valence-corrected chi connectivity index (χ2v) is 16.0. The van der Waals surface area contributed by atoms with E-state index in [1.165, 1.54) is 35.4 Å². The standard InChI is InChI=1S/C34H30O5S2.CH4O3S/c1-3-26-6-8-27(9-7-26)24-28-10-18-32(19-11-28)41(37,38)34-22-14-30(15-23-34)39-29-12-20-33(21-13-29)40(35,36)31-16-4-25(2)5-17-31;1-5(2,3)4/h4-23H,3,24H2,1-2H3;1H3,(H,2,3,4). The van der Waals surface area contributed by atoms with Crippen LogP contribution in [0.2, 0.25) is 0 Å². The van der Waals surface area contributed by atoms with Crippen molar-refractivity contribution in [1.82, 2.24) is 0 Å². The molecule has 0 saturated heterocycles. The van der Waals surface area contributed by atoms with E-state index in [0.29, 0.717) is 17.8 Å². The molecule has 0 fully saturated rings. The van der Waals surface area contributed by atoms with Crippen molar-refractivity contribution in [2.45, 2.75) is 46.3 Å². The largest absolute Gasteiger partial charge is 0.457 e. The molecule has 0 aliphatic heterocycles. The van der Waals surface area contributed by atoms with Crippen molar-refractivity contribution in [3.8, 4) is 11.5 Å². The zero-order valence-corrected chi connectivity index (χ0v) is 27.9. The van der Waals surface area contributed by atoms with Crippen LogP contribution in [-0.2, 0) is 42.6 Å². The van der Waals surface area contributed by atoms with Gasteiger partial charge >= 0.3 is 0 Å². The molecule has 0 saturated carbocycles. The quantitative estimate of drug-likeness (QED) is 0.163. The highest BCUT2D eigenvalue weighted by Crippen LogP contribution is 2.28. The number of hydrogen-bond acceptors (Lipinski definition) is 7. The van der Waals surface area contributed by atoms with Gasteiger partial charge in [0.1, 0.15) is 11.5 Å². The van der Waals surface area contributed by atoms with Crippen LogP contribution in [-0.4, -0.2) is 36.1 Å². The maximum atomic E-state index is 13.2. The molecular weight excluding hydrogens is 645 g/mol. The average molecular weight is 679 g/mol. The zero-order chi connectivity index (χ0) is 33.5. The summed E-state index contributed by atoms with van der Waals surface area (Å²) in [5.74, 6) is 0.867. The smallest absolute Gasteiger partial charge is 0.261 e. The van der Waals surface area contributed by atoms with Gasteiger partial charge < -0.3 is 4.74 Å². The van der Waals surface area contributed by atoms with Crippen LogP contribution < -0.4 is 4.74 Å². The van der Waals surface area contributed by atoms with E-state index in [2.05, 4.69) is 31.2 Å². The summed E-state index contributed by atoms with van der Waals surface area (Å²) in [5, 5.41) is 0. The summed E-state index contributed by atoms with van der Waals surface area (Å²) in [6.07, 6.45) is 2.44. The maximum absolute atomic E-state index is 13.2. The average Bonchev–Trinajstić information content (AvgIpc) is 3.02. The highest BCUT2D eigenvalue weighted by Gasteiger charge is 2.19. The fraction of sp³-hybridized carbons (Fsp3) is 0.143. The molecule has 8 nitrogen and oxygen atoms in total. The summed E-state index contributed by atoms with van der Waals surface area (Å²) in [6.45, 7) is 4.02. The third-order valence-corrected chi connectivity index (χ3v) is 10.5. The monoisotopic (exact) mass is 678 g/mol. The molecule has 0 atom stereocenters. The summed E-state index contributed by atoms with van der Waals surface area (Å²) in [7, 11) is -11.0. The van der Waals surface area contributed by atoms with Crippen LogP contribution in [0.15, 0.2) is 141 Å². The Labute approximate surface area is 270 Å². The molecule has 5 rings (SSSR count). The number of aryl methyl sites for hydroxylation is 2. The minimum absolute atomic E-state index is 0.160. The van der Waals surface area contributed by atoms with Crippen LogP contribution in [0.5, 0.6) is 11.5 Å². The fourth-order valence-electron chi connectivity index (χ4n) is 4.41. The van der Waals surface area contributed by atoms with Crippen LogP contribution in [0, 0.1) is 6.92 Å². The van der Waals surface area contributed by atoms with Gasteiger partial charge in [-0.2, -0.15) is 8.42 Å². The lowest BCUT2D eigenvalue weighted by Gasteiger charge is -2.10. The maximum Gasteiger partial charge on any atom is 0.261 e. The predicted octanol–water partition coefficient (Wildman–Crippen LogP) is 7.11. The molecule has 1 N–H and O–H groups in total. The second kappa shape index (κ2) is 14.4. The van der Waals surface area contributed by atoms with Gasteiger partial charge in [0, 0.05) is 0 Å². The van der Waals surface area contributed by atoms with E-state index >= 15 is 0 Å². The van der Waals surface area contributed by atoms with Gasteiger partial charge in [0.2, 0.25) is 19.7 Å². The first-order valence-electron chi connectivity index (χ1n) is 14.2. The lowest BCUT2D eigenvalue weighted by molar-refractivity contribution is 0.481. The van der Waals surface area contributed by atoms with Crippen LogP contribution in [0.3, 0.4) is 0 Å². The Morgan fingerprint density at radius 2 is 0.783 bits per heavy atom. The number of rotatable bonds is 9. The molecule has 46 heavy (non-hydrogen) atoms. The predicted molar refractivity (Wildman–Crippen MR) is 178 cm³/mol. The van der Waals surface area contributed by atoms with E-state index in [4.69, 9.17) is 9.29 Å². The van der Waals surface area contributed by atoms with Crippen LogP contribution in [0.25, 0.3) is 0 Å². The van der Waals surface area contributed by atoms with Crippen LogP contribution in [0.1, 0.15) is 29.2 Å². The molecule has 0 aliphatic rings. The molecule has 240 valence electrons. The van der Waals surface area contributed by atoms with Gasteiger partial charge in [0.15, 0.2) is 0 Å². The summed E-state index contributed by atoms with van der Waals surface area (Å²) in [5.41, 5.74) is 4.48. The molecule has 0 aliphatic carbocycles. The first-order chi connectivity index (χ1) is 21.6. The Morgan fingerprint density at radius 1 is 0.500 bits per heavy atom. The minimum Gasteiger partial charge on any atom is -0.457 e. The van der Waals surface area contributed by atoms with E-state index in [9.17, 15) is 25.3 Å². The Kier molecular flexibility index (Phi) is 10.8. The van der Waals surface area contributed by atoms with E-state index in [-0.39, 0.29) is 19.6 Å². The highest BCUT2D eigenvalue weighted by molar-refractivity contribution is 7.91. The fourth-order valence-corrected chi connectivity index (χ4v) is 6.94. The number of sulfone groups is 2. The van der Waals surface area contributed by atoms with Crippen molar-refractivity contribution >= 4 is 29.8 Å². The SMILES string of the molecule is CCc1ccc(Cc2ccc(S(=O)(=O)c3ccc(Oc4ccc(S(=O)(=O)c5ccc(C)cc5)cc4)cc3)cc2)cc1.CS(=O)(=O)O. The van der Waals surface area contributed by atoms with Gasteiger partial charge in [-0.1, -0.05) is 61.0 Å². The first kappa shape index (κ1) is 34.6. The highest BCUT2D eigenvalue weighted by atomic mass is 32.2. The Bertz CT molecular complexity index is 2080. The van der Waals surface area contributed by atoms with Crippen LogP contribution >= 0.6 is 0 Å². The topological polar surface area (TPSA) is 132 Å². The normalized spacial score (nSPS) is 11.7. The lowest BCUT2D eigenvalue weighted by Crippen LogP contribution is -2.02. The van der Waals surface area contributed by atoms with E-state index < -0.39 is 29.8 Å². The van der Waals surface area contributed by atoms with Crippen LogP contribution in [0.4, 0.5) is 0 Å². The van der Waals surface area contributed by atoms with E-state index in [1.807, 2.05) is 19.1 Å². The third kappa shape index (κ3) is 9.37. The van der Waals surface area contributed by atoms with Crippen molar-refractivity contribution in [2.24, 2.45) is 0 Å². The van der Waals surface area contributed by atoms with Gasteiger partial charge in [-0.05, 0) is 109 Å². The Morgan fingerprint density at radius 3 is 1.13 bits per heavy atom. The summed E-state index contributed by atoms with van der Waals surface area (Å²) < 4.78 is 83.9. The minimum atomic E-state index is -3.70. The van der Waals surface area contributed by atoms with Gasteiger partial charge in [0.05, 0.1) is 25.8 Å². The number of benzene rings is 5. The van der Waals surface area contributed by atoms with Crippen molar-refractivity contribution in [3.63, 3.8) is 0 Å². The number of hydrogen-bond donors (Lipinski definition) is 1. The van der Waals surface area contributed by atoms with E-state index in [1.54, 1.807) is 60.7 Å². The van der Waals surface area contributed by atoms with Gasteiger partial charge in [-0.25, -0.2) is 16.8 Å². The van der Waals surface area contributed by atoms with Crippen molar-refractivity contribution in [3.05, 3.63) is 144 Å². The summed E-state index contributed by atoms with van der Waals surface area (Å²) in [6, 6.07) is 34.4. The van der Waals surface area contributed by atoms with Gasteiger partial charge in [-0.15, -0.1) is 0 Å². The summed E-state index contributed by atoms with van der Waals surface area (Å²) >= 11 is 0. The van der Waals surface area contributed by atoms with Crippen molar-refractivity contribution in [1.29, 1.82) is 0 Å². The molecule has 0 radical (unpaired) electrons. The van der Waals surface area contributed by atoms with E-state index in [0.717, 1.165) is 24.0 Å². The Hall–Kier alpha value is -4.29. The molecule has 0 amide bonds.